The minimum atomic E-state index is -0.0719. The lowest BCUT2D eigenvalue weighted by atomic mass is 9.82. The van der Waals surface area contributed by atoms with Gasteiger partial charge in [0, 0.05) is 33.4 Å². The van der Waals surface area contributed by atoms with Gasteiger partial charge in [0.2, 0.25) is 5.89 Å². The average molecular weight is 579 g/mol. The van der Waals surface area contributed by atoms with Gasteiger partial charge in [-0.1, -0.05) is 98.8 Å². The summed E-state index contributed by atoms with van der Waals surface area (Å²) in [7, 11) is 0. The smallest absolute Gasteiger partial charge is 0.227 e. The summed E-state index contributed by atoms with van der Waals surface area (Å²) in [6.45, 7) is 4.66. The molecule has 0 atom stereocenters. The van der Waals surface area contributed by atoms with E-state index < -0.39 is 0 Å². The molecule has 0 fully saturated rings. The molecule has 3 heteroatoms. The lowest BCUT2D eigenvalue weighted by Gasteiger charge is -2.28. The number of anilines is 3. The van der Waals surface area contributed by atoms with Crippen LogP contribution in [-0.4, -0.2) is 4.98 Å². The Morgan fingerprint density at radius 3 is 2.09 bits per heavy atom. The first kappa shape index (κ1) is 25.8. The molecule has 0 spiro atoms. The number of hydrogen-bond donors (Lipinski definition) is 0. The zero-order valence-electron chi connectivity index (χ0n) is 25.2. The van der Waals surface area contributed by atoms with Crippen LogP contribution in [0.25, 0.3) is 55.2 Å². The van der Waals surface area contributed by atoms with Crippen LogP contribution >= 0.6 is 0 Å². The van der Waals surface area contributed by atoms with Crippen LogP contribution in [0.4, 0.5) is 17.1 Å². The van der Waals surface area contributed by atoms with Gasteiger partial charge in [0.25, 0.3) is 0 Å². The Bertz CT molecular complexity index is 2400. The van der Waals surface area contributed by atoms with Crippen molar-refractivity contribution in [1.29, 1.82) is 0 Å². The van der Waals surface area contributed by atoms with Crippen molar-refractivity contribution in [2.75, 3.05) is 4.90 Å². The van der Waals surface area contributed by atoms with Gasteiger partial charge in [-0.25, -0.2) is 4.98 Å². The standard InChI is InChI=1S/C42H30N2O/c1-42(2)37-15-9-8-14-34(37)35-23-21-31(26-38(35)42)44(29-11-4-3-5-12-29)30-19-16-28(17-20-30)41-43-39-25-24-33-32-13-7-6-10-27(32)18-22-36(33)40(39)45-41/h3-26H,1-2H3. The number of aromatic nitrogens is 1. The predicted molar refractivity (Wildman–Crippen MR) is 187 cm³/mol. The van der Waals surface area contributed by atoms with Crippen molar-refractivity contribution in [3.8, 4) is 22.6 Å². The van der Waals surface area contributed by atoms with E-state index in [1.165, 1.54) is 38.4 Å². The van der Waals surface area contributed by atoms with E-state index in [9.17, 15) is 0 Å². The van der Waals surface area contributed by atoms with Gasteiger partial charge in [0.05, 0.1) is 0 Å². The van der Waals surface area contributed by atoms with Gasteiger partial charge in [-0.3, -0.25) is 0 Å². The maximum absolute atomic E-state index is 6.47. The third-order valence-electron chi connectivity index (χ3n) is 9.49. The summed E-state index contributed by atoms with van der Waals surface area (Å²) in [5.41, 5.74) is 11.3. The zero-order chi connectivity index (χ0) is 30.1. The van der Waals surface area contributed by atoms with Gasteiger partial charge in [-0.05, 0) is 99.1 Å². The normalized spacial score (nSPS) is 13.3. The Morgan fingerprint density at radius 2 is 1.22 bits per heavy atom. The molecule has 0 amide bonds. The number of fused-ring (bicyclic) bond motifs is 8. The number of nitrogens with zero attached hydrogens (tertiary/aromatic N) is 2. The highest BCUT2D eigenvalue weighted by molar-refractivity contribution is 6.15. The predicted octanol–water partition coefficient (Wildman–Crippen LogP) is 11.6. The summed E-state index contributed by atoms with van der Waals surface area (Å²) in [6.07, 6.45) is 0. The highest BCUT2D eigenvalue weighted by Gasteiger charge is 2.35. The quantitative estimate of drug-likeness (QED) is 0.195. The molecule has 1 aromatic heterocycles. The Kier molecular flexibility index (Phi) is 5.54. The fourth-order valence-electron chi connectivity index (χ4n) is 7.21. The second-order valence-corrected chi connectivity index (χ2v) is 12.4. The van der Waals surface area contributed by atoms with Crippen LogP contribution in [0.15, 0.2) is 150 Å². The van der Waals surface area contributed by atoms with Crippen molar-refractivity contribution in [2.24, 2.45) is 0 Å². The molecule has 3 nitrogen and oxygen atoms in total. The molecule has 0 saturated carbocycles. The molecule has 0 unspecified atom stereocenters. The molecule has 7 aromatic carbocycles. The lowest BCUT2D eigenvalue weighted by Crippen LogP contribution is -2.16. The van der Waals surface area contributed by atoms with Crippen molar-refractivity contribution >= 4 is 49.7 Å². The topological polar surface area (TPSA) is 29.3 Å². The second kappa shape index (κ2) is 9.67. The first-order chi connectivity index (χ1) is 22.1. The fourth-order valence-corrected chi connectivity index (χ4v) is 7.21. The molecule has 0 radical (unpaired) electrons. The molecule has 8 aromatic rings. The van der Waals surface area contributed by atoms with Crippen LogP contribution in [0.5, 0.6) is 0 Å². The van der Waals surface area contributed by atoms with Crippen molar-refractivity contribution in [2.45, 2.75) is 19.3 Å². The number of benzene rings is 7. The molecular formula is C42H30N2O. The molecule has 9 rings (SSSR count). The maximum Gasteiger partial charge on any atom is 0.227 e. The van der Waals surface area contributed by atoms with E-state index in [1.807, 2.05) is 0 Å². The van der Waals surface area contributed by atoms with Gasteiger partial charge in [-0.15, -0.1) is 0 Å². The molecule has 214 valence electrons. The van der Waals surface area contributed by atoms with Crippen molar-refractivity contribution in [3.05, 3.63) is 157 Å². The third-order valence-corrected chi connectivity index (χ3v) is 9.49. The van der Waals surface area contributed by atoms with Gasteiger partial charge in [0.1, 0.15) is 5.52 Å². The van der Waals surface area contributed by atoms with E-state index in [0.29, 0.717) is 5.89 Å². The zero-order valence-corrected chi connectivity index (χ0v) is 25.2. The first-order valence-electron chi connectivity index (χ1n) is 15.5. The number of rotatable bonds is 4. The summed E-state index contributed by atoms with van der Waals surface area (Å²) in [5.74, 6) is 0.625. The number of para-hydroxylation sites is 1. The van der Waals surface area contributed by atoms with Gasteiger partial charge in [0.15, 0.2) is 5.58 Å². The lowest BCUT2D eigenvalue weighted by molar-refractivity contribution is 0.623. The van der Waals surface area contributed by atoms with Crippen LogP contribution < -0.4 is 4.90 Å². The molecule has 0 N–H and O–H groups in total. The Hall–Kier alpha value is -5.67. The summed E-state index contributed by atoms with van der Waals surface area (Å²) >= 11 is 0. The molecule has 0 saturated heterocycles. The summed E-state index contributed by atoms with van der Waals surface area (Å²) in [6, 6.07) is 51.8. The maximum atomic E-state index is 6.47. The summed E-state index contributed by atoms with van der Waals surface area (Å²) in [5, 5.41) is 4.70. The van der Waals surface area contributed by atoms with Crippen LogP contribution in [0.2, 0.25) is 0 Å². The first-order valence-corrected chi connectivity index (χ1v) is 15.5. The average Bonchev–Trinajstić information content (AvgIpc) is 3.63. The van der Waals surface area contributed by atoms with E-state index in [1.54, 1.807) is 0 Å². The van der Waals surface area contributed by atoms with Crippen LogP contribution in [0, 0.1) is 0 Å². The molecule has 1 aliphatic rings. The second-order valence-electron chi connectivity index (χ2n) is 12.4. The molecular weight excluding hydrogens is 548 g/mol. The number of hydrogen-bond acceptors (Lipinski definition) is 3. The summed E-state index contributed by atoms with van der Waals surface area (Å²) in [4.78, 5) is 7.23. The molecule has 1 heterocycles. The molecule has 45 heavy (non-hydrogen) atoms. The highest BCUT2D eigenvalue weighted by Crippen LogP contribution is 2.50. The third kappa shape index (κ3) is 3.94. The van der Waals surface area contributed by atoms with Crippen LogP contribution in [0.3, 0.4) is 0 Å². The van der Waals surface area contributed by atoms with Crippen LogP contribution in [-0.2, 0) is 5.41 Å². The van der Waals surface area contributed by atoms with E-state index in [2.05, 4.69) is 164 Å². The monoisotopic (exact) mass is 578 g/mol. The molecule has 0 bridgehead atoms. The van der Waals surface area contributed by atoms with Crippen molar-refractivity contribution in [1.82, 2.24) is 4.98 Å². The van der Waals surface area contributed by atoms with E-state index in [0.717, 1.165) is 39.1 Å². The summed E-state index contributed by atoms with van der Waals surface area (Å²) < 4.78 is 6.47. The van der Waals surface area contributed by atoms with E-state index in [4.69, 9.17) is 9.40 Å². The van der Waals surface area contributed by atoms with Gasteiger partial charge in [-0.2, -0.15) is 0 Å². The molecule has 1 aliphatic carbocycles. The minimum absolute atomic E-state index is 0.0719. The van der Waals surface area contributed by atoms with Gasteiger partial charge < -0.3 is 9.32 Å². The highest BCUT2D eigenvalue weighted by atomic mass is 16.3. The van der Waals surface area contributed by atoms with E-state index >= 15 is 0 Å². The van der Waals surface area contributed by atoms with Crippen molar-refractivity contribution in [3.63, 3.8) is 0 Å². The Morgan fingerprint density at radius 1 is 0.533 bits per heavy atom. The fraction of sp³-hybridized carbons (Fsp3) is 0.0714. The Balaban J connectivity index is 1.13. The molecule has 0 aliphatic heterocycles. The van der Waals surface area contributed by atoms with Crippen molar-refractivity contribution < 1.29 is 4.42 Å². The minimum Gasteiger partial charge on any atom is -0.435 e. The Labute approximate surface area is 262 Å². The largest absolute Gasteiger partial charge is 0.435 e. The van der Waals surface area contributed by atoms with Crippen LogP contribution in [0.1, 0.15) is 25.0 Å². The SMILES string of the molecule is CC1(C)c2ccccc2-c2ccc(N(c3ccccc3)c3ccc(-c4nc5ccc6c7ccccc7ccc6c5o4)cc3)cc21. The van der Waals surface area contributed by atoms with Gasteiger partial charge >= 0.3 is 0 Å². The van der Waals surface area contributed by atoms with E-state index in [-0.39, 0.29) is 5.41 Å². The number of oxazole rings is 1.